The van der Waals surface area contributed by atoms with Crippen LogP contribution in [0.15, 0.2) is 4.99 Å². The Morgan fingerprint density at radius 1 is 1.12 bits per heavy atom. The fraction of sp³-hybridized carbons (Fsp3) is 0.750. The highest BCUT2D eigenvalue weighted by atomic mass is 16.4. The van der Waals surface area contributed by atoms with Crippen LogP contribution in [0, 0.1) is 5.92 Å². The lowest BCUT2D eigenvalue weighted by Crippen LogP contribution is -2.58. The van der Waals surface area contributed by atoms with E-state index >= 15 is 0 Å². The van der Waals surface area contributed by atoms with E-state index in [2.05, 4.69) is 26.3 Å². The summed E-state index contributed by atoms with van der Waals surface area (Å²) in [6, 6.07) is -3.31. The van der Waals surface area contributed by atoms with E-state index in [1.807, 2.05) is 13.8 Å². The van der Waals surface area contributed by atoms with Gasteiger partial charge in [-0.1, -0.05) is 20.3 Å². The fourth-order valence-electron chi connectivity index (χ4n) is 3.27. The van der Waals surface area contributed by atoms with E-state index in [0.29, 0.717) is 19.3 Å². The van der Waals surface area contributed by atoms with E-state index in [1.54, 1.807) is 0 Å². The van der Waals surface area contributed by atoms with Gasteiger partial charge in [-0.15, -0.1) is 0 Å². The first kappa shape index (κ1) is 27.1. The molecule has 1 fully saturated rings. The predicted octanol–water partition coefficient (Wildman–Crippen LogP) is -1.60. The molecule has 1 heterocycles. The quantitative estimate of drug-likeness (QED) is 0.0976. The van der Waals surface area contributed by atoms with E-state index in [1.165, 1.54) is 6.92 Å². The number of hydrogen-bond acceptors (Lipinski definition) is 6. The largest absolute Gasteiger partial charge is 0.480 e. The van der Waals surface area contributed by atoms with Crippen molar-refractivity contribution in [2.45, 2.75) is 77.0 Å². The van der Waals surface area contributed by atoms with E-state index in [-0.39, 0.29) is 36.8 Å². The summed E-state index contributed by atoms with van der Waals surface area (Å²) in [7, 11) is 0. The van der Waals surface area contributed by atoms with Crippen molar-refractivity contribution in [3.63, 3.8) is 0 Å². The summed E-state index contributed by atoms with van der Waals surface area (Å²) in [4.78, 5) is 53.2. The number of rotatable bonds is 13. The number of carbonyl (C=O) groups is 4. The van der Waals surface area contributed by atoms with Crippen molar-refractivity contribution in [2.24, 2.45) is 22.4 Å². The molecule has 0 aliphatic carbocycles. The number of nitrogens with zero attached hydrogens (tertiary/aromatic N) is 1. The van der Waals surface area contributed by atoms with Gasteiger partial charge in [0.15, 0.2) is 5.96 Å². The maximum atomic E-state index is 13.1. The first-order valence-electron chi connectivity index (χ1n) is 11.0. The highest BCUT2D eigenvalue weighted by molar-refractivity contribution is 5.94. The Hall–Kier alpha value is -2.89. The van der Waals surface area contributed by atoms with E-state index in [0.717, 1.165) is 13.0 Å². The molecule has 1 rings (SSSR count). The molecule has 1 aliphatic heterocycles. The zero-order valence-electron chi connectivity index (χ0n) is 19.0. The molecular weight excluding hydrogens is 418 g/mol. The molecule has 12 heteroatoms. The molecule has 0 aromatic carbocycles. The average Bonchev–Trinajstić information content (AvgIpc) is 3.27. The van der Waals surface area contributed by atoms with Crippen LogP contribution in [-0.2, 0) is 19.2 Å². The zero-order chi connectivity index (χ0) is 24.3. The van der Waals surface area contributed by atoms with E-state index in [4.69, 9.17) is 16.6 Å². The molecule has 32 heavy (non-hydrogen) atoms. The van der Waals surface area contributed by atoms with Crippen LogP contribution >= 0.6 is 0 Å². The van der Waals surface area contributed by atoms with Crippen LogP contribution in [0.3, 0.4) is 0 Å². The van der Waals surface area contributed by atoms with Crippen LogP contribution in [0.1, 0.15) is 52.9 Å². The standard InChI is InChI=1S/C20H37N7O5/c1-4-11(2)15(27-16(28)13-7-5-9-23-13)18(30)26-14(8-6-10-24-20(21)22)17(29)25-12(3)19(31)32/h11-15,23H,4-10H2,1-3H3,(H,25,29)(H,26,30)(H,27,28)(H,31,32)(H4,21,22,24). The molecule has 0 bridgehead atoms. The normalized spacial score (nSPS) is 19.2. The number of amides is 3. The van der Waals surface area contributed by atoms with Crippen LogP contribution in [0.5, 0.6) is 0 Å². The SMILES string of the molecule is CCC(C)C(NC(=O)C1CCCN1)C(=O)NC(CCCN=C(N)N)C(=O)NC(C)C(=O)O. The Morgan fingerprint density at radius 3 is 2.34 bits per heavy atom. The number of aliphatic carboxylic acids is 1. The highest BCUT2D eigenvalue weighted by Gasteiger charge is 2.32. The maximum absolute atomic E-state index is 13.1. The van der Waals surface area contributed by atoms with Crippen LogP contribution in [0.25, 0.3) is 0 Å². The number of nitrogens with one attached hydrogen (secondary N) is 4. The topological polar surface area (TPSA) is 201 Å². The van der Waals surface area contributed by atoms with Crippen molar-refractivity contribution >= 4 is 29.7 Å². The molecule has 1 saturated heterocycles. The molecule has 0 spiro atoms. The lowest BCUT2D eigenvalue weighted by Gasteiger charge is -2.27. The van der Waals surface area contributed by atoms with Crippen molar-refractivity contribution in [2.75, 3.05) is 13.1 Å². The van der Waals surface area contributed by atoms with Crippen LogP contribution < -0.4 is 32.7 Å². The summed E-state index contributed by atoms with van der Waals surface area (Å²) in [5.74, 6) is -2.85. The number of carboxylic acids is 1. The number of guanidine groups is 1. The van der Waals surface area contributed by atoms with Gasteiger partial charge in [-0.2, -0.15) is 0 Å². The Balaban J connectivity index is 2.90. The molecule has 0 saturated carbocycles. The summed E-state index contributed by atoms with van der Waals surface area (Å²) in [6.45, 7) is 6.06. The van der Waals surface area contributed by atoms with Gasteiger partial charge in [0.25, 0.3) is 0 Å². The summed E-state index contributed by atoms with van der Waals surface area (Å²) in [5.41, 5.74) is 10.6. The molecule has 5 atom stereocenters. The Labute approximate surface area is 188 Å². The lowest BCUT2D eigenvalue weighted by atomic mass is 9.97. The first-order valence-corrected chi connectivity index (χ1v) is 11.0. The van der Waals surface area contributed by atoms with Gasteiger partial charge < -0.3 is 37.8 Å². The number of aliphatic imine (C=N–C) groups is 1. The minimum Gasteiger partial charge on any atom is -0.480 e. The third-order valence-electron chi connectivity index (χ3n) is 5.48. The average molecular weight is 456 g/mol. The Bertz CT molecular complexity index is 690. The molecular formula is C20H37N7O5. The molecule has 182 valence electrons. The molecule has 0 radical (unpaired) electrons. The van der Waals surface area contributed by atoms with Crippen molar-refractivity contribution in [1.29, 1.82) is 0 Å². The Kier molecular flexibility index (Phi) is 11.5. The molecule has 1 aliphatic rings. The zero-order valence-corrected chi connectivity index (χ0v) is 19.0. The second-order valence-electron chi connectivity index (χ2n) is 8.10. The second-order valence-corrected chi connectivity index (χ2v) is 8.10. The summed E-state index contributed by atoms with van der Waals surface area (Å²) in [5, 5.41) is 20.0. The van der Waals surface area contributed by atoms with Crippen LogP contribution in [0.2, 0.25) is 0 Å². The van der Waals surface area contributed by atoms with E-state index < -0.39 is 35.9 Å². The predicted molar refractivity (Wildman–Crippen MR) is 119 cm³/mol. The summed E-state index contributed by atoms with van der Waals surface area (Å²) >= 11 is 0. The third-order valence-corrected chi connectivity index (χ3v) is 5.48. The van der Waals surface area contributed by atoms with Crippen molar-refractivity contribution < 1.29 is 24.3 Å². The van der Waals surface area contributed by atoms with Crippen molar-refractivity contribution in [3.8, 4) is 0 Å². The number of nitrogens with two attached hydrogens (primary N) is 2. The molecule has 3 amide bonds. The highest BCUT2D eigenvalue weighted by Crippen LogP contribution is 2.12. The minimum atomic E-state index is -1.20. The van der Waals surface area contributed by atoms with Crippen LogP contribution in [-0.4, -0.2) is 72.0 Å². The minimum absolute atomic E-state index is 0.0883. The maximum Gasteiger partial charge on any atom is 0.325 e. The van der Waals surface area contributed by atoms with Gasteiger partial charge in [0.2, 0.25) is 17.7 Å². The molecule has 9 N–H and O–H groups in total. The smallest absolute Gasteiger partial charge is 0.325 e. The summed E-state index contributed by atoms with van der Waals surface area (Å²) in [6.07, 6.45) is 2.78. The Morgan fingerprint density at radius 2 is 1.81 bits per heavy atom. The first-order chi connectivity index (χ1) is 15.1. The van der Waals surface area contributed by atoms with Gasteiger partial charge in [-0.3, -0.25) is 24.2 Å². The lowest BCUT2D eigenvalue weighted by molar-refractivity contribution is -0.142. The summed E-state index contributed by atoms with van der Waals surface area (Å²) < 4.78 is 0. The van der Waals surface area contributed by atoms with E-state index in [9.17, 15) is 19.2 Å². The van der Waals surface area contributed by atoms with Gasteiger partial charge in [0.1, 0.15) is 18.1 Å². The number of carboxylic acid groups (broad SMARTS) is 1. The number of hydrogen-bond donors (Lipinski definition) is 7. The van der Waals surface area contributed by atoms with Crippen molar-refractivity contribution in [1.82, 2.24) is 21.3 Å². The monoisotopic (exact) mass is 455 g/mol. The number of carbonyl (C=O) groups excluding carboxylic acids is 3. The second kappa shape index (κ2) is 13.5. The van der Waals surface area contributed by atoms with Crippen LogP contribution in [0.4, 0.5) is 0 Å². The molecule has 0 aromatic rings. The van der Waals surface area contributed by atoms with Gasteiger partial charge in [-0.05, 0) is 45.1 Å². The fourth-order valence-corrected chi connectivity index (χ4v) is 3.27. The van der Waals surface area contributed by atoms with Gasteiger partial charge in [0.05, 0.1) is 6.04 Å². The third kappa shape index (κ3) is 9.08. The van der Waals surface area contributed by atoms with Gasteiger partial charge >= 0.3 is 5.97 Å². The van der Waals surface area contributed by atoms with Gasteiger partial charge in [-0.25, -0.2) is 0 Å². The van der Waals surface area contributed by atoms with Gasteiger partial charge in [0, 0.05) is 6.54 Å². The van der Waals surface area contributed by atoms with Crippen molar-refractivity contribution in [3.05, 3.63) is 0 Å². The molecule has 5 unspecified atom stereocenters. The molecule has 0 aromatic heterocycles. The molecule has 12 nitrogen and oxygen atoms in total.